The van der Waals surface area contributed by atoms with Crippen molar-refractivity contribution in [2.45, 2.75) is 38.1 Å². The molecule has 7 nitrogen and oxygen atoms in total. The molecule has 0 bridgehead atoms. The number of nitrogens with two attached hydrogens (primary N) is 1. The molecule has 1 amide bonds. The quantitative estimate of drug-likeness (QED) is 0.752. The average Bonchev–Trinajstić information content (AvgIpc) is 3.32. The molecular weight excluding hydrogens is 304 g/mol. The summed E-state index contributed by atoms with van der Waals surface area (Å²) in [6.45, 7) is 0. The zero-order valence-corrected chi connectivity index (χ0v) is 13.4. The lowest BCUT2D eigenvalue weighted by Gasteiger charge is -2.22. The summed E-state index contributed by atoms with van der Waals surface area (Å²) in [7, 11) is 0. The molecular formula is C17H20N6O. The number of aromatic nitrogens is 5. The van der Waals surface area contributed by atoms with Gasteiger partial charge < -0.3 is 10.7 Å². The van der Waals surface area contributed by atoms with Gasteiger partial charge in [-0.15, -0.1) is 0 Å². The van der Waals surface area contributed by atoms with Crippen LogP contribution in [0, 0.1) is 5.92 Å². The number of rotatable bonds is 5. The van der Waals surface area contributed by atoms with Crippen LogP contribution in [0.4, 0.5) is 0 Å². The third-order valence-electron chi connectivity index (χ3n) is 4.92. The lowest BCUT2D eigenvalue weighted by molar-refractivity contribution is -0.119. The maximum atomic E-state index is 11.5. The predicted molar refractivity (Wildman–Crippen MR) is 89.9 cm³/mol. The Morgan fingerprint density at radius 1 is 1.38 bits per heavy atom. The van der Waals surface area contributed by atoms with Crippen molar-refractivity contribution in [3.63, 3.8) is 0 Å². The molecule has 3 aromatic rings. The highest BCUT2D eigenvalue weighted by Gasteiger charge is 2.28. The van der Waals surface area contributed by atoms with Crippen molar-refractivity contribution >= 4 is 16.9 Å². The highest BCUT2D eigenvalue weighted by atomic mass is 16.1. The summed E-state index contributed by atoms with van der Waals surface area (Å²) >= 11 is 0. The molecule has 0 spiro atoms. The molecule has 7 heteroatoms. The van der Waals surface area contributed by atoms with Crippen molar-refractivity contribution in [1.29, 1.82) is 0 Å². The van der Waals surface area contributed by atoms with Crippen LogP contribution in [0.5, 0.6) is 0 Å². The molecule has 0 saturated heterocycles. The number of fused-ring (bicyclic) bond motifs is 1. The number of hydrogen-bond acceptors (Lipinski definition) is 4. The number of aromatic amines is 1. The minimum atomic E-state index is -0.279. The number of amides is 1. The SMILES string of the molecule is NC(=O)C[C@H](C1CCCC1)n1cc(-c2ncnc3[nH]ccc23)cn1. The Hall–Kier alpha value is -2.70. The Bertz CT molecular complexity index is 861. The molecule has 4 rings (SSSR count). The van der Waals surface area contributed by atoms with E-state index in [1.165, 1.54) is 12.8 Å². The Morgan fingerprint density at radius 2 is 2.21 bits per heavy atom. The fourth-order valence-electron chi connectivity index (χ4n) is 3.77. The van der Waals surface area contributed by atoms with Gasteiger partial charge in [0.15, 0.2) is 0 Å². The van der Waals surface area contributed by atoms with Crippen LogP contribution >= 0.6 is 0 Å². The third kappa shape index (κ3) is 2.66. The van der Waals surface area contributed by atoms with Crippen molar-refractivity contribution in [3.05, 3.63) is 31.0 Å². The molecule has 124 valence electrons. The van der Waals surface area contributed by atoms with Crippen molar-refractivity contribution in [2.75, 3.05) is 0 Å². The topological polar surface area (TPSA) is 102 Å². The largest absolute Gasteiger partial charge is 0.370 e. The molecule has 3 heterocycles. The maximum Gasteiger partial charge on any atom is 0.219 e. The van der Waals surface area contributed by atoms with Gasteiger partial charge in [-0.25, -0.2) is 9.97 Å². The van der Waals surface area contributed by atoms with Gasteiger partial charge in [0, 0.05) is 29.8 Å². The summed E-state index contributed by atoms with van der Waals surface area (Å²) in [4.78, 5) is 23.2. The molecule has 1 fully saturated rings. The first-order valence-electron chi connectivity index (χ1n) is 8.33. The van der Waals surface area contributed by atoms with Gasteiger partial charge in [-0.1, -0.05) is 12.8 Å². The summed E-state index contributed by atoms with van der Waals surface area (Å²) in [6, 6.07) is 1.99. The molecule has 1 atom stereocenters. The summed E-state index contributed by atoms with van der Waals surface area (Å²) in [5, 5.41) is 5.48. The van der Waals surface area contributed by atoms with Crippen LogP contribution in [-0.2, 0) is 4.79 Å². The summed E-state index contributed by atoms with van der Waals surface area (Å²) in [5.41, 5.74) is 8.04. The van der Waals surface area contributed by atoms with Gasteiger partial charge in [0.2, 0.25) is 5.91 Å². The first-order chi connectivity index (χ1) is 11.7. The van der Waals surface area contributed by atoms with Gasteiger partial charge in [0.25, 0.3) is 0 Å². The van der Waals surface area contributed by atoms with E-state index in [-0.39, 0.29) is 11.9 Å². The fourth-order valence-corrected chi connectivity index (χ4v) is 3.77. The Balaban J connectivity index is 1.69. The molecule has 1 saturated carbocycles. The summed E-state index contributed by atoms with van der Waals surface area (Å²) in [5.74, 6) is 0.182. The van der Waals surface area contributed by atoms with Gasteiger partial charge in [0.1, 0.15) is 12.0 Å². The molecule has 1 aliphatic rings. The minimum Gasteiger partial charge on any atom is -0.370 e. The minimum absolute atomic E-state index is 0.0299. The fraction of sp³-hybridized carbons (Fsp3) is 0.412. The maximum absolute atomic E-state index is 11.5. The van der Waals surface area contributed by atoms with Crippen LogP contribution in [0.15, 0.2) is 31.0 Å². The number of primary amides is 1. The van der Waals surface area contributed by atoms with E-state index in [0.29, 0.717) is 12.3 Å². The Labute approximate surface area is 139 Å². The first-order valence-corrected chi connectivity index (χ1v) is 8.33. The lowest BCUT2D eigenvalue weighted by atomic mass is 9.95. The van der Waals surface area contributed by atoms with Crippen molar-refractivity contribution in [2.24, 2.45) is 11.7 Å². The Morgan fingerprint density at radius 3 is 3.00 bits per heavy atom. The number of nitrogens with one attached hydrogen (secondary N) is 1. The number of carbonyl (C=O) groups excluding carboxylic acids is 1. The van der Waals surface area contributed by atoms with Crippen molar-refractivity contribution < 1.29 is 4.79 Å². The van der Waals surface area contributed by atoms with Gasteiger partial charge in [0.05, 0.1) is 17.9 Å². The molecule has 0 unspecified atom stereocenters. The van der Waals surface area contributed by atoms with E-state index < -0.39 is 0 Å². The van der Waals surface area contributed by atoms with E-state index in [0.717, 1.165) is 35.1 Å². The monoisotopic (exact) mass is 324 g/mol. The third-order valence-corrected chi connectivity index (χ3v) is 4.92. The number of nitrogens with zero attached hydrogens (tertiary/aromatic N) is 4. The normalized spacial score (nSPS) is 16.7. The second-order valence-corrected chi connectivity index (χ2v) is 6.45. The zero-order valence-electron chi connectivity index (χ0n) is 13.4. The van der Waals surface area contributed by atoms with Gasteiger partial charge in [-0.2, -0.15) is 5.10 Å². The number of hydrogen-bond donors (Lipinski definition) is 2. The number of H-pyrrole nitrogens is 1. The molecule has 1 aliphatic carbocycles. The van der Waals surface area contributed by atoms with Crippen LogP contribution < -0.4 is 5.73 Å². The molecule has 0 radical (unpaired) electrons. The van der Waals surface area contributed by atoms with E-state index in [4.69, 9.17) is 5.73 Å². The highest BCUT2D eigenvalue weighted by molar-refractivity contribution is 5.90. The van der Waals surface area contributed by atoms with E-state index in [2.05, 4.69) is 20.1 Å². The van der Waals surface area contributed by atoms with Gasteiger partial charge in [-0.3, -0.25) is 9.48 Å². The van der Waals surface area contributed by atoms with E-state index >= 15 is 0 Å². The van der Waals surface area contributed by atoms with Crippen LogP contribution in [0.3, 0.4) is 0 Å². The van der Waals surface area contributed by atoms with E-state index in [1.807, 2.05) is 23.1 Å². The van der Waals surface area contributed by atoms with Gasteiger partial charge in [-0.05, 0) is 24.8 Å². The highest BCUT2D eigenvalue weighted by Crippen LogP contribution is 2.36. The molecule has 0 aliphatic heterocycles. The molecule has 3 aromatic heterocycles. The number of carbonyl (C=O) groups is 1. The van der Waals surface area contributed by atoms with Gasteiger partial charge >= 0.3 is 0 Å². The van der Waals surface area contributed by atoms with Crippen LogP contribution in [-0.4, -0.2) is 30.6 Å². The predicted octanol–water partition coefficient (Wildman–Crippen LogP) is 2.43. The van der Waals surface area contributed by atoms with E-state index in [1.54, 1.807) is 12.5 Å². The molecule has 3 N–H and O–H groups in total. The standard InChI is InChI=1S/C17H20N6O/c18-15(24)7-14(11-3-1-2-4-11)23-9-12(8-22-23)16-13-5-6-19-17(13)21-10-20-16/h5-6,8-11,14H,1-4,7H2,(H2,18,24)(H,19,20,21)/t14-/m1/s1. The Kier molecular flexibility index (Phi) is 3.76. The van der Waals surface area contributed by atoms with Crippen LogP contribution in [0.2, 0.25) is 0 Å². The lowest BCUT2D eigenvalue weighted by Crippen LogP contribution is -2.24. The molecule has 24 heavy (non-hydrogen) atoms. The van der Waals surface area contributed by atoms with Crippen molar-refractivity contribution in [3.8, 4) is 11.3 Å². The molecule has 0 aromatic carbocycles. The second-order valence-electron chi connectivity index (χ2n) is 6.45. The second kappa shape index (κ2) is 6.07. The van der Waals surface area contributed by atoms with Crippen molar-refractivity contribution in [1.82, 2.24) is 24.7 Å². The van der Waals surface area contributed by atoms with Crippen LogP contribution in [0.1, 0.15) is 38.1 Å². The smallest absolute Gasteiger partial charge is 0.219 e. The van der Waals surface area contributed by atoms with Crippen LogP contribution in [0.25, 0.3) is 22.3 Å². The first kappa shape index (κ1) is 14.9. The average molecular weight is 324 g/mol. The summed E-state index contributed by atoms with van der Waals surface area (Å²) < 4.78 is 1.90. The van der Waals surface area contributed by atoms with E-state index in [9.17, 15) is 4.79 Å². The zero-order chi connectivity index (χ0) is 16.5. The summed E-state index contributed by atoms with van der Waals surface area (Å²) in [6.07, 6.45) is 12.2.